The topological polar surface area (TPSA) is 49.9 Å². The van der Waals surface area contributed by atoms with Gasteiger partial charge in [0.1, 0.15) is 0 Å². The number of carbonyl (C=O) groups excluding carboxylic acids is 2. The molecule has 0 N–H and O–H groups in total. The summed E-state index contributed by atoms with van der Waals surface area (Å²) in [6.07, 6.45) is 5.81. The third-order valence-electron chi connectivity index (χ3n) is 6.32. The van der Waals surface area contributed by atoms with Gasteiger partial charge in [0.05, 0.1) is 23.5 Å². The summed E-state index contributed by atoms with van der Waals surface area (Å²) in [4.78, 5) is 30.3. The molecule has 3 heterocycles. The van der Waals surface area contributed by atoms with Gasteiger partial charge in [-0.2, -0.15) is 0 Å². The highest BCUT2D eigenvalue weighted by Crippen LogP contribution is 2.34. The summed E-state index contributed by atoms with van der Waals surface area (Å²) in [7, 11) is 0. The van der Waals surface area contributed by atoms with E-state index in [9.17, 15) is 9.59 Å². The lowest BCUT2D eigenvalue weighted by atomic mass is 9.84. The van der Waals surface area contributed by atoms with Gasteiger partial charge in [0, 0.05) is 26.2 Å². The Kier molecular flexibility index (Phi) is 5.06. The quantitative estimate of drug-likeness (QED) is 0.815. The molecule has 1 spiro atoms. The van der Waals surface area contributed by atoms with Crippen LogP contribution in [0.4, 0.5) is 0 Å². The maximum absolute atomic E-state index is 12.8. The summed E-state index contributed by atoms with van der Waals surface area (Å²) < 4.78 is 6.21. The van der Waals surface area contributed by atoms with Crippen molar-refractivity contribution in [1.82, 2.24) is 9.80 Å². The molecule has 3 fully saturated rings. The van der Waals surface area contributed by atoms with Gasteiger partial charge in [-0.05, 0) is 55.5 Å². The van der Waals surface area contributed by atoms with Crippen molar-refractivity contribution in [2.45, 2.75) is 51.0 Å². The van der Waals surface area contributed by atoms with E-state index in [1.54, 1.807) is 0 Å². The van der Waals surface area contributed by atoms with E-state index in [1.807, 2.05) is 28.2 Å². The van der Waals surface area contributed by atoms with Crippen LogP contribution in [0.5, 0.6) is 0 Å². The van der Waals surface area contributed by atoms with Crippen molar-refractivity contribution in [1.29, 1.82) is 0 Å². The number of ether oxygens (including phenoxy) is 1. The third kappa shape index (κ3) is 3.54. The monoisotopic (exact) mass is 376 g/mol. The second kappa shape index (κ2) is 7.31. The highest BCUT2D eigenvalue weighted by Gasteiger charge is 2.42. The van der Waals surface area contributed by atoms with Crippen molar-refractivity contribution in [3.05, 3.63) is 21.9 Å². The summed E-state index contributed by atoms with van der Waals surface area (Å²) in [5.74, 6) is 1.06. The Hall–Kier alpha value is -1.40. The second-order valence-corrected chi connectivity index (χ2v) is 8.99. The standard InChI is InChI=1S/C20H28N2O3S/c1-15-5-12-26-18(15)19(24)21-8-6-20(7-9-21)13-17(23)22(10-11-25-20)14-16-3-2-4-16/h5,12,16H,2-4,6-11,13-14H2,1H3. The lowest BCUT2D eigenvalue weighted by molar-refractivity contribution is -0.135. The van der Waals surface area contributed by atoms with E-state index in [1.165, 1.54) is 30.6 Å². The molecule has 2 aliphatic heterocycles. The van der Waals surface area contributed by atoms with E-state index in [0.717, 1.165) is 29.8 Å². The van der Waals surface area contributed by atoms with Crippen LogP contribution in [0.15, 0.2) is 11.4 Å². The number of rotatable bonds is 3. The van der Waals surface area contributed by atoms with Crippen molar-refractivity contribution in [2.75, 3.05) is 32.8 Å². The SMILES string of the molecule is Cc1ccsc1C(=O)N1CCC2(CC1)CC(=O)N(CC1CCC1)CCO2. The molecular formula is C20H28N2O3S. The average molecular weight is 377 g/mol. The second-order valence-electron chi connectivity index (χ2n) is 8.07. The normalized spacial score (nSPS) is 23.8. The maximum atomic E-state index is 12.8. The Bertz CT molecular complexity index is 674. The molecule has 1 aromatic heterocycles. The predicted molar refractivity (Wildman–Crippen MR) is 101 cm³/mol. The molecule has 4 rings (SSSR count). The zero-order valence-corrected chi connectivity index (χ0v) is 16.4. The van der Waals surface area contributed by atoms with Crippen LogP contribution in [0, 0.1) is 12.8 Å². The first-order chi connectivity index (χ1) is 12.6. The fourth-order valence-corrected chi connectivity index (χ4v) is 5.18. The average Bonchev–Trinajstić information content (AvgIpc) is 2.95. The number of piperidine rings is 1. The van der Waals surface area contributed by atoms with Crippen LogP contribution >= 0.6 is 11.3 Å². The van der Waals surface area contributed by atoms with E-state index >= 15 is 0 Å². The van der Waals surface area contributed by atoms with Gasteiger partial charge in [0.15, 0.2) is 0 Å². The van der Waals surface area contributed by atoms with Gasteiger partial charge in [-0.3, -0.25) is 9.59 Å². The Morgan fingerprint density at radius 3 is 2.69 bits per heavy atom. The molecule has 26 heavy (non-hydrogen) atoms. The molecule has 1 saturated carbocycles. The Labute approximate surface area is 159 Å². The Morgan fingerprint density at radius 1 is 1.31 bits per heavy atom. The summed E-state index contributed by atoms with van der Waals surface area (Å²) in [6, 6.07) is 1.99. The molecule has 0 aromatic carbocycles. The fourth-order valence-electron chi connectivity index (χ4n) is 4.29. The van der Waals surface area contributed by atoms with Gasteiger partial charge in [0.2, 0.25) is 5.91 Å². The van der Waals surface area contributed by atoms with E-state index < -0.39 is 0 Å². The van der Waals surface area contributed by atoms with Gasteiger partial charge in [-0.1, -0.05) is 6.42 Å². The van der Waals surface area contributed by atoms with Crippen molar-refractivity contribution in [3.63, 3.8) is 0 Å². The molecule has 5 nitrogen and oxygen atoms in total. The van der Waals surface area contributed by atoms with E-state index in [-0.39, 0.29) is 17.4 Å². The fraction of sp³-hybridized carbons (Fsp3) is 0.700. The van der Waals surface area contributed by atoms with E-state index in [2.05, 4.69) is 0 Å². The number of hydrogen-bond acceptors (Lipinski definition) is 4. The van der Waals surface area contributed by atoms with Crippen molar-refractivity contribution >= 4 is 23.2 Å². The minimum atomic E-state index is -0.368. The summed E-state index contributed by atoms with van der Waals surface area (Å²) in [6.45, 7) is 5.57. The molecule has 0 radical (unpaired) electrons. The number of nitrogens with zero attached hydrogens (tertiary/aromatic N) is 2. The van der Waals surface area contributed by atoms with Crippen LogP contribution in [-0.4, -0.2) is 60.0 Å². The summed E-state index contributed by atoms with van der Waals surface area (Å²) in [5, 5.41) is 1.97. The number of carbonyl (C=O) groups is 2. The predicted octanol–water partition coefficient (Wildman–Crippen LogP) is 3.08. The lowest BCUT2D eigenvalue weighted by Gasteiger charge is -2.40. The Morgan fingerprint density at radius 2 is 2.08 bits per heavy atom. The van der Waals surface area contributed by atoms with Crippen LogP contribution in [-0.2, 0) is 9.53 Å². The first-order valence-corrected chi connectivity index (χ1v) is 10.7. The molecular weight excluding hydrogens is 348 g/mol. The number of thiophene rings is 1. The van der Waals surface area contributed by atoms with E-state index in [0.29, 0.717) is 38.6 Å². The zero-order valence-electron chi connectivity index (χ0n) is 15.5. The molecule has 0 bridgehead atoms. The van der Waals surface area contributed by atoms with Gasteiger partial charge in [0.25, 0.3) is 5.91 Å². The van der Waals surface area contributed by atoms with Crippen LogP contribution in [0.2, 0.25) is 0 Å². The smallest absolute Gasteiger partial charge is 0.264 e. The highest BCUT2D eigenvalue weighted by atomic mass is 32.1. The van der Waals surface area contributed by atoms with Crippen molar-refractivity contribution < 1.29 is 14.3 Å². The molecule has 2 saturated heterocycles. The van der Waals surface area contributed by atoms with Crippen molar-refractivity contribution in [2.24, 2.45) is 5.92 Å². The molecule has 6 heteroatoms. The number of hydrogen-bond donors (Lipinski definition) is 0. The minimum Gasteiger partial charge on any atom is -0.372 e. The molecule has 0 atom stereocenters. The first-order valence-electron chi connectivity index (χ1n) is 9.81. The zero-order chi connectivity index (χ0) is 18.1. The summed E-state index contributed by atoms with van der Waals surface area (Å²) in [5.41, 5.74) is 0.681. The largest absolute Gasteiger partial charge is 0.372 e. The highest BCUT2D eigenvalue weighted by molar-refractivity contribution is 7.12. The van der Waals surface area contributed by atoms with Crippen LogP contribution in [0.3, 0.4) is 0 Å². The van der Waals surface area contributed by atoms with Crippen LogP contribution in [0.1, 0.15) is 53.8 Å². The molecule has 3 aliphatic rings. The molecule has 2 amide bonds. The number of amides is 2. The third-order valence-corrected chi connectivity index (χ3v) is 7.32. The van der Waals surface area contributed by atoms with Crippen molar-refractivity contribution in [3.8, 4) is 0 Å². The van der Waals surface area contributed by atoms with Gasteiger partial charge >= 0.3 is 0 Å². The minimum absolute atomic E-state index is 0.124. The van der Waals surface area contributed by atoms with Crippen LogP contribution < -0.4 is 0 Å². The number of aryl methyl sites for hydroxylation is 1. The number of likely N-dealkylation sites (tertiary alicyclic amines) is 1. The molecule has 142 valence electrons. The lowest BCUT2D eigenvalue weighted by Crippen LogP contribution is -2.49. The van der Waals surface area contributed by atoms with Gasteiger partial charge in [-0.15, -0.1) is 11.3 Å². The first kappa shape index (κ1) is 18.0. The summed E-state index contributed by atoms with van der Waals surface area (Å²) >= 11 is 1.51. The Balaban J connectivity index is 1.36. The molecule has 1 aromatic rings. The van der Waals surface area contributed by atoms with E-state index in [4.69, 9.17) is 4.74 Å². The maximum Gasteiger partial charge on any atom is 0.264 e. The van der Waals surface area contributed by atoms with Crippen LogP contribution in [0.25, 0.3) is 0 Å². The molecule has 0 unspecified atom stereocenters. The van der Waals surface area contributed by atoms with Gasteiger partial charge < -0.3 is 14.5 Å². The molecule has 1 aliphatic carbocycles. The van der Waals surface area contributed by atoms with Gasteiger partial charge in [-0.25, -0.2) is 0 Å².